The fraction of sp³-hybridized carbons (Fsp3) is 0.600. The highest BCUT2D eigenvalue weighted by Crippen LogP contribution is 2.25. The Morgan fingerprint density at radius 1 is 0.583 bits per heavy atom. The van der Waals surface area contributed by atoms with E-state index in [1.54, 1.807) is 12.1 Å². The van der Waals surface area contributed by atoms with Crippen molar-refractivity contribution in [2.75, 3.05) is 0 Å². The molecule has 132 valence electrons. The highest BCUT2D eigenvalue weighted by Gasteiger charge is 2.18. The maximum Gasteiger partial charge on any atom is 0.248 e. The Balaban J connectivity index is 2.32. The third-order valence-corrected chi connectivity index (χ3v) is 5.07. The van der Waals surface area contributed by atoms with Crippen molar-refractivity contribution in [2.24, 2.45) is 11.5 Å². The average Bonchev–Trinajstić information content (AvgIpc) is 2.55. The summed E-state index contributed by atoms with van der Waals surface area (Å²) in [5.74, 6) is -0.827. The summed E-state index contributed by atoms with van der Waals surface area (Å²) in [7, 11) is 0. The number of hydrogen-bond acceptors (Lipinski definition) is 2. The first kappa shape index (κ1) is 18.5. The first-order chi connectivity index (χ1) is 11.6. The van der Waals surface area contributed by atoms with Gasteiger partial charge in [-0.2, -0.15) is 0 Å². The Kier molecular flexibility index (Phi) is 7.29. The minimum Gasteiger partial charge on any atom is -0.366 e. The molecule has 0 saturated carbocycles. The molecule has 1 aromatic carbocycles. The maximum absolute atomic E-state index is 11.8. The molecular weight excluding hydrogens is 300 g/mol. The van der Waals surface area contributed by atoms with Crippen LogP contribution in [-0.4, -0.2) is 11.8 Å². The molecule has 1 aliphatic rings. The molecular formula is C20H30N2O2. The summed E-state index contributed by atoms with van der Waals surface area (Å²) >= 11 is 0. The average molecular weight is 330 g/mol. The van der Waals surface area contributed by atoms with Crippen molar-refractivity contribution in [3.05, 3.63) is 34.4 Å². The van der Waals surface area contributed by atoms with Gasteiger partial charge >= 0.3 is 0 Å². The van der Waals surface area contributed by atoms with E-state index < -0.39 is 11.8 Å². The molecule has 0 unspecified atom stereocenters. The number of fused-ring (bicyclic) bond motifs is 1. The van der Waals surface area contributed by atoms with E-state index in [0.29, 0.717) is 11.1 Å². The Morgan fingerprint density at radius 3 is 1.17 bits per heavy atom. The van der Waals surface area contributed by atoms with E-state index in [9.17, 15) is 9.59 Å². The zero-order valence-corrected chi connectivity index (χ0v) is 14.6. The van der Waals surface area contributed by atoms with E-state index in [2.05, 4.69) is 0 Å². The minimum atomic E-state index is -0.414. The molecule has 2 rings (SSSR count). The lowest BCUT2D eigenvalue weighted by atomic mass is 9.88. The third-order valence-electron chi connectivity index (χ3n) is 5.07. The van der Waals surface area contributed by atoms with E-state index in [1.807, 2.05) is 0 Å². The van der Waals surface area contributed by atoms with Gasteiger partial charge in [-0.1, -0.05) is 51.4 Å². The van der Waals surface area contributed by atoms with E-state index in [4.69, 9.17) is 11.5 Å². The van der Waals surface area contributed by atoms with Crippen LogP contribution >= 0.6 is 0 Å². The predicted molar refractivity (Wildman–Crippen MR) is 97.1 cm³/mol. The Bertz CT molecular complexity index is 530. The van der Waals surface area contributed by atoms with Gasteiger partial charge in [0.2, 0.25) is 11.8 Å². The van der Waals surface area contributed by atoms with Gasteiger partial charge in [-0.15, -0.1) is 0 Å². The molecule has 4 heteroatoms. The Labute approximate surface area is 145 Å². The smallest absolute Gasteiger partial charge is 0.248 e. The Hall–Kier alpha value is -1.84. The summed E-state index contributed by atoms with van der Waals surface area (Å²) < 4.78 is 0. The summed E-state index contributed by atoms with van der Waals surface area (Å²) in [5.41, 5.74) is 14.2. The summed E-state index contributed by atoms with van der Waals surface area (Å²) in [6.45, 7) is 0. The van der Waals surface area contributed by atoms with E-state index in [0.717, 1.165) is 49.7 Å². The summed E-state index contributed by atoms with van der Waals surface area (Å²) in [4.78, 5) is 23.7. The molecule has 4 nitrogen and oxygen atoms in total. The van der Waals surface area contributed by atoms with Crippen LogP contribution in [0.5, 0.6) is 0 Å². The number of rotatable bonds is 2. The summed E-state index contributed by atoms with van der Waals surface area (Å²) in [6, 6.07) is 3.34. The zero-order valence-electron chi connectivity index (χ0n) is 14.6. The third kappa shape index (κ3) is 5.08. The van der Waals surface area contributed by atoms with Crippen molar-refractivity contribution >= 4 is 11.8 Å². The summed E-state index contributed by atoms with van der Waals surface area (Å²) in [5, 5.41) is 0. The molecule has 2 amide bonds. The first-order valence-electron chi connectivity index (χ1n) is 9.35. The van der Waals surface area contributed by atoms with Crippen molar-refractivity contribution in [2.45, 2.75) is 77.0 Å². The van der Waals surface area contributed by atoms with Gasteiger partial charge in [0.05, 0.1) is 0 Å². The Morgan fingerprint density at radius 2 is 0.875 bits per heavy atom. The van der Waals surface area contributed by atoms with Crippen LogP contribution < -0.4 is 11.5 Å². The van der Waals surface area contributed by atoms with Crippen LogP contribution in [0.2, 0.25) is 0 Å². The lowest BCUT2D eigenvalue weighted by Gasteiger charge is -2.17. The van der Waals surface area contributed by atoms with Crippen molar-refractivity contribution in [3.63, 3.8) is 0 Å². The van der Waals surface area contributed by atoms with Gasteiger partial charge in [0.1, 0.15) is 0 Å². The van der Waals surface area contributed by atoms with Gasteiger partial charge in [-0.3, -0.25) is 9.59 Å². The van der Waals surface area contributed by atoms with Crippen molar-refractivity contribution in [3.8, 4) is 0 Å². The molecule has 1 aliphatic carbocycles. The maximum atomic E-state index is 11.8. The van der Waals surface area contributed by atoms with Gasteiger partial charge in [0.25, 0.3) is 0 Å². The monoisotopic (exact) mass is 330 g/mol. The number of carbonyl (C=O) groups is 2. The molecule has 0 fully saturated rings. The van der Waals surface area contributed by atoms with Crippen LogP contribution in [0, 0.1) is 0 Å². The number of amides is 2. The van der Waals surface area contributed by atoms with Crippen molar-refractivity contribution in [1.82, 2.24) is 0 Å². The minimum absolute atomic E-state index is 0.414. The van der Waals surface area contributed by atoms with Gasteiger partial charge in [-0.25, -0.2) is 0 Å². The molecule has 0 radical (unpaired) electrons. The molecule has 0 aromatic heterocycles. The zero-order chi connectivity index (χ0) is 17.4. The normalized spacial score (nSPS) is 17.5. The highest BCUT2D eigenvalue weighted by atomic mass is 16.1. The molecule has 0 heterocycles. The highest BCUT2D eigenvalue weighted by molar-refractivity contribution is 5.99. The molecule has 0 saturated heterocycles. The number of benzene rings is 1. The lowest BCUT2D eigenvalue weighted by Crippen LogP contribution is -2.20. The van der Waals surface area contributed by atoms with Crippen LogP contribution in [0.25, 0.3) is 0 Å². The standard InChI is InChI=1S/C20H30N2O2/c21-19(23)17-13-14-18(20(22)24)16-12-10-8-6-4-2-1-3-5-7-9-11-15(16)17/h13-14H,1-12H2,(H2,21,23)(H2,22,24). The molecule has 0 aliphatic heterocycles. The van der Waals surface area contributed by atoms with Crippen LogP contribution in [0.15, 0.2) is 12.1 Å². The number of primary amides is 2. The van der Waals surface area contributed by atoms with Gasteiger partial charge in [-0.05, 0) is 48.9 Å². The fourth-order valence-corrected chi connectivity index (χ4v) is 3.74. The second-order valence-corrected chi connectivity index (χ2v) is 6.88. The van der Waals surface area contributed by atoms with E-state index >= 15 is 0 Å². The number of nitrogens with two attached hydrogens (primary N) is 2. The fourth-order valence-electron chi connectivity index (χ4n) is 3.74. The summed E-state index contributed by atoms with van der Waals surface area (Å²) in [6.07, 6.45) is 13.6. The van der Waals surface area contributed by atoms with E-state index in [1.165, 1.54) is 38.5 Å². The molecule has 24 heavy (non-hydrogen) atoms. The number of carbonyl (C=O) groups excluding carboxylic acids is 2. The lowest BCUT2D eigenvalue weighted by molar-refractivity contribution is 0.0986. The largest absolute Gasteiger partial charge is 0.366 e. The molecule has 0 spiro atoms. The van der Waals surface area contributed by atoms with Crippen LogP contribution in [-0.2, 0) is 12.8 Å². The van der Waals surface area contributed by atoms with Crippen molar-refractivity contribution in [1.29, 1.82) is 0 Å². The van der Waals surface area contributed by atoms with Crippen LogP contribution in [0.3, 0.4) is 0 Å². The van der Waals surface area contributed by atoms with Gasteiger partial charge in [0.15, 0.2) is 0 Å². The van der Waals surface area contributed by atoms with Crippen LogP contribution in [0.4, 0.5) is 0 Å². The van der Waals surface area contributed by atoms with Crippen molar-refractivity contribution < 1.29 is 9.59 Å². The second kappa shape index (κ2) is 9.45. The SMILES string of the molecule is NC(=O)c1ccc(C(N)=O)c2c1CCCCCCCCCCCC2. The van der Waals surface area contributed by atoms with E-state index in [-0.39, 0.29) is 0 Å². The molecule has 4 N–H and O–H groups in total. The molecule has 0 bridgehead atoms. The quantitative estimate of drug-likeness (QED) is 0.862. The van der Waals surface area contributed by atoms with Crippen LogP contribution in [0.1, 0.15) is 96.1 Å². The predicted octanol–water partition coefficient (Wildman–Crippen LogP) is 3.88. The molecule has 0 atom stereocenters. The second-order valence-electron chi connectivity index (χ2n) is 6.88. The first-order valence-corrected chi connectivity index (χ1v) is 9.35. The molecule has 1 aromatic rings. The van der Waals surface area contributed by atoms with Gasteiger partial charge in [0, 0.05) is 11.1 Å². The number of hydrogen-bond donors (Lipinski definition) is 2. The van der Waals surface area contributed by atoms with Gasteiger partial charge < -0.3 is 11.5 Å². The topological polar surface area (TPSA) is 86.2 Å².